The molecule has 23 heavy (non-hydrogen) atoms. The molecule has 0 spiro atoms. The van der Waals surface area contributed by atoms with Crippen LogP contribution in [0.5, 0.6) is 5.75 Å². The third-order valence-electron chi connectivity index (χ3n) is 3.43. The molecule has 0 aliphatic heterocycles. The third kappa shape index (κ3) is 5.21. The van der Waals surface area contributed by atoms with Crippen LogP contribution in [-0.2, 0) is 4.74 Å². The number of carbonyl (C=O) groups is 1. The van der Waals surface area contributed by atoms with Gasteiger partial charge >= 0.3 is 6.09 Å². The van der Waals surface area contributed by atoms with Crippen molar-refractivity contribution in [2.75, 3.05) is 37.0 Å². The van der Waals surface area contributed by atoms with Crippen molar-refractivity contribution in [3.63, 3.8) is 0 Å². The highest BCUT2D eigenvalue weighted by molar-refractivity contribution is 5.84. The minimum Gasteiger partial charge on any atom is -0.497 e. The van der Waals surface area contributed by atoms with Gasteiger partial charge in [-0.15, -0.1) is 0 Å². The lowest BCUT2D eigenvalue weighted by atomic mass is 10.3. The summed E-state index contributed by atoms with van der Waals surface area (Å²) in [6.07, 6.45) is -0.459. The number of nitrogens with zero attached hydrogens (tertiary/aromatic N) is 1. The summed E-state index contributed by atoms with van der Waals surface area (Å²) in [5.41, 5.74) is 1.79. The van der Waals surface area contributed by atoms with Gasteiger partial charge in [0.2, 0.25) is 0 Å². The van der Waals surface area contributed by atoms with Crippen molar-refractivity contribution in [3.05, 3.63) is 54.6 Å². The van der Waals surface area contributed by atoms with E-state index >= 15 is 0 Å². The van der Waals surface area contributed by atoms with Gasteiger partial charge < -0.3 is 14.4 Å². The molecule has 1 N–H and O–H groups in total. The van der Waals surface area contributed by atoms with E-state index < -0.39 is 6.09 Å². The molecule has 0 saturated heterocycles. The molecular formula is C18H22N2O3. The maximum absolute atomic E-state index is 11.8. The topological polar surface area (TPSA) is 50.8 Å². The zero-order valence-electron chi connectivity index (χ0n) is 13.5. The molecule has 0 aromatic heterocycles. The summed E-state index contributed by atoms with van der Waals surface area (Å²) in [6, 6.07) is 17.2. The Morgan fingerprint density at radius 2 is 1.78 bits per heavy atom. The average molecular weight is 314 g/mol. The largest absolute Gasteiger partial charge is 0.497 e. The second kappa shape index (κ2) is 8.68. The summed E-state index contributed by atoms with van der Waals surface area (Å²) >= 11 is 0. The molecule has 2 aromatic carbocycles. The molecule has 5 heteroatoms. The number of hydrogen-bond acceptors (Lipinski definition) is 4. The van der Waals surface area contributed by atoms with E-state index in [9.17, 15) is 4.79 Å². The number of carbonyl (C=O) groups excluding carboxylic acids is 1. The third-order valence-corrected chi connectivity index (χ3v) is 3.43. The Bertz CT molecular complexity index is 599. The predicted octanol–water partition coefficient (Wildman–Crippen LogP) is 3.77. The predicted molar refractivity (Wildman–Crippen MR) is 92.3 cm³/mol. The van der Waals surface area contributed by atoms with E-state index in [4.69, 9.17) is 9.47 Å². The number of likely N-dealkylation sites (N-methyl/N-ethyl adjacent to an activating group) is 1. The van der Waals surface area contributed by atoms with Gasteiger partial charge in [-0.05, 0) is 43.3 Å². The Hall–Kier alpha value is -2.69. The summed E-state index contributed by atoms with van der Waals surface area (Å²) < 4.78 is 10.3. The molecule has 0 unspecified atom stereocenters. The van der Waals surface area contributed by atoms with E-state index in [2.05, 4.69) is 17.1 Å². The number of para-hydroxylation sites is 1. The number of nitrogens with one attached hydrogen (secondary N) is 1. The first-order valence-electron chi connectivity index (χ1n) is 7.60. The van der Waals surface area contributed by atoms with Crippen molar-refractivity contribution in [1.82, 2.24) is 0 Å². The maximum Gasteiger partial charge on any atom is 0.411 e. The van der Waals surface area contributed by atoms with Crippen molar-refractivity contribution in [3.8, 4) is 5.75 Å². The fourth-order valence-corrected chi connectivity index (χ4v) is 2.19. The second-order valence-corrected chi connectivity index (χ2v) is 4.90. The lowest BCUT2D eigenvalue weighted by Crippen LogP contribution is -2.28. The van der Waals surface area contributed by atoms with Gasteiger partial charge in [-0.3, -0.25) is 5.32 Å². The van der Waals surface area contributed by atoms with E-state index in [0.29, 0.717) is 18.8 Å². The zero-order chi connectivity index (χ0) is 16.5. The minimum atomic E-state index is -0.459. The van der Waals surface area contributed by atoms with Crippen LogP contribution in [-0.4, -0.2) is 32.9 Å². The Morgan fingerprint density at radius 1 is 1.09 bits per heavy atom. The van der Waals surface area contributed by atoms with Crippen molar-refractivity contribution in [2.24, 2.45) is 0 Å². The number of ether oxygens (including phenoxy) is 2. The van der Waals surface area contributed by atoms with Crippen LogP contribution in [0.4, 0.5) is 16.2 Å². The minimum absolute atomic E-state index is 0.324. The van der Waals surface area contributed by atoms with Crippen molar-refractivity contribution in [1.29, 1.82) is 0 Å². The summed E-state index contributed by atoms with van der Waals surface area (Å²) in [4.78, 5) is 13.9. The molecule has 0 fully saturated rings. The van der Waals surface area contributed by atoms with Crippen molar-refractivity contribution >= 4 is 17.5 Å². The molecule has 0 saturated carbocycles. The molecule has 0 bridgehead atoms. The smallest absolute Gasteiger partial charge is 0.411 e. The fourth-order valence-electron chi connectivity index (χ4n) is 2.19. The molecule has 0 aliphatic rings. The standard InChI is InChI=1S/C18H22N2O3/c1-3-20(16-7-5-4-6-8-16)13-14-23-18(21)19-15-9-11-17(22-2)12-10-15/h4-12H,3,13-14H2,1-2H3,(H,19,21). The second-order valence-electron chi connectivity index (χ2n) is 4.90. The molecule has 0 aliphatic carbocycles. The SMILES string of the molecule is CCN(CCOC(=O)Nc1ccc(OC)cc1)c1ccccc1. The van der Waals surface area contributed by atoms with Crippen LogP contribution in [0.25, 0.3) is 0 Å². The quantitative estimate of drug-likeness (QED) is 0.845. The van der Waals surface area contributed by atoms with Crippen LogP contribution in [0.15, 0.2) is 54.6 Å². The molecule has 0 atom stereocenters. The highest BCUT2D eigenvalue weighted by atomic mass is 16.5. The lowest BCUT2D eigenvalue weighted by Gasteiger charge is -2.22. The van der Waals surface area contributed by atoms with E-state index in [1.807, 2.05) is 30.3 Å². The first-order chi connectivity index (χ1) is 11.2. The monoisotopic (exact) mass is 314 g/mol. The number of anilines is 2. The molecule has 1 amide bonds. The summed E-state index contributed by atoms with van der Waals surface area (Å²) in [7, 11) is 1.60. The number of benzene rings is 2. The fraction of sp³-hybridized carbons (Fsp3) is 0.278. The van der Waals surface area contributed by atoms with Gasteiger partial charge in [0, 0.05) is 17.9 Å². The maximum atomic E-state index is 11.8. The highest BCUT2D eigenvalue weighted by Gasteiger charge is 2.07. The number of rotatable bonds is 7. The lowest BCUT2D eigenvalue weighted by molar-refractivity contribution is 0.164. The van der Waals surface area contributed by atoms with Crippen LogP contribution in [0.2, 0.25) is 0 Å². The number of amides is 1. The zero-order valence-corrected chi connectivity index (χ0v) is 13.5. The first-order valence-corrected chi connectivity index (χ1v) is 7.60. The first kappa shape index (κ1) is 16.7. The Kier molecular flexibility index (Phi) is 6.29. The van der Waals surface area contributed by atoms with E-state index in [1.165, 1.54) is 0 Å². The van der Waals surface area contributed by atoms with Crippen molar-refractivity contribution in [2.45, 2.75) is 6.92 Å². The molecule has 0 heterocycles. The van der Waals surface area contributed by atoms with Crippen LogP contribution < -0.4 is 15.0 Å². The summed E-state index contributed by atoms with van der Waals surface area (Å²) in [6.45, 7) is 3.90. The van der Waals surface area contributed by atoms with Crippen LogP contribution >= 0.6 is 0 Å². The van der Waals surface area contributed by atoms with Gasteiger partial charge in [0.25, 0.3) is 0 Å². The van der Waals surface area contributed by atoms with Crippen molar-refractivity contribution < 1.29 is 14.3 Å². The molecule has 2 aromatic rings. The van der Waals surface area contributed by atoms with E-state index in [-0.39, 0.29) is 0 Å². The van der Waals surface area contributed by atoms with Crippen LogP contribution in [0.3, 0.4) is 0 Å². The Balaban J connectivity index is 1.77. The Labute approximate surface area is 136 Å². The van der Waals surface area contributed by atoms with Gasteiger partial charge in [-0.2, -0.15) is 0 Å². The summed E-state index contributed by atoms with van der Waals surface area (Å²) in [5.74, 6) is 0.741. The Morgan fingerprint density at radius 3 is 2.39 bits per heavy atom. The van der Waals surface area contributed by atoms with Gasteiger partial charge in [-0.1, -0.05) is 18.2 Å². The summed E-state index contributed by atoms with van der Waals surface area (Å²) in [5, 5.41) is 2.69. The number of hydrogen-bond donors (Lipinski definition) is 1. The molecular weight excluding hydrogens is 292 g/mol. The molecule has 2 rings (SSSR count). The van der Waals surface area contributed by atoms with Gasteiger partial charge in [0.15, 0.2) is 0 Å². The molecule has 0 radical (unpaired) electrons. The average Bonchev–Trinajstić information content (AvgIpc) is 2.60. The number of methoxy groups -OCH3 is 1. The van der Waals surface area contributed by atoms with E-state index in [1.54, 1.807) is 31.4 Å². The van der Waals surface area contributed by atoms with Crippen LogP contribution in [0.1, 0.15) is 6.92 Å². The van der Waals surface area contributed by atoms with Gasteiger partial charge in [0.1, 0.15) is 12.4 Å². The normalized spacial score (nSPS) is 10.0. The van der Waals surface area contributed by atoms with E-state index in [0.717, 1.165) is 18.0 Å². The van der Waals surface area contributed by atoms with Gasteiger partial charge in [0.05, 0.1) is 13.7 Å². The van der Waals surface area contributed by atoms with Gasteiger partial charge in [-0.25, -0.2) is 4.79 Å². The molecule has 5 nitrogen and oxygen atoms in total. The molecule has 122 valence electrons. The van der Waals surface area contributed by atoms with Crippen LogP contribution in [0, 0.1) is 0 Å². The highest BCUT2D eigenvalue weighted by Crippen LogP contribution is 2.15.